The van der Waals surface area contributed by atoms with Crippen LogP contribution in [0.2, 0.25) is 0 Å². The highest BCUT2D eigenvalue weighted by molar-refractivity contribution is 7.99. The average molecular weight is 264 g/mol. The molecule has 1 aliphatic carbocycles. The Morgan fingerprint density at radius 2 is 2.28 bits per heavy atom. The van der Waals surface area contributed by atoms with Gasteiger partial charge in [-0.25, -0.2) is 4.98 Å². The van der Waals surface area contributed by atoms with Crippen molar-refractivity contribution in [3.63, 3.8) is 0 Å². The van der Waals surface area contributed by atoms with Crippen molar-refractivity contribution in [2.45, 2.75) is 37.9 Å². The Morgan fingerprint density at radius 3 is 3.00 bits per heavy atom. The topological polar surface area (TPSA) is 41.1 Å². The minimum absolute atomic E-state index is 0.621. The minimum Gasteiger partial charge on any atom is -0.355 e. The van der Waals surface area contributed by atoms with Gasteiger partial charge in [0.1, 0.15) is 5.82 Å². The van der Waals surface area contributed by atoms with E-state index >= 15 is 0 Å². The predicted octanol–water partition coefficient (Wildman–Crippen LogP) is 1.67. The van der Waals surface area contributed by atoms with Gasteiger partial charge in [-0.1, -0.05) is 0 Å². The van der Waals surface area contributed by atoms with Crippen LogP contribution >= 0.6 is 11.8 Å². The van der Waals surface area contributed by atoms with E-state index in [1.807, 2.05) is 24.2 Å². The summed E-state index contributed by atoms with van der Waals surface area (Å²) in [6.07, 6.45) is 7.63. The molecule has 5 heteroatoms. The maximum absolute atomic E-state index is 4.71. The molecule has 0 radical (unpaired) electrons. The van der Waals surface area contributed by atoms with Crippen molar-refractivity contribution in [3.8, 4) is 0 Å². The van der Waals surface area contributed by atoms with Gasteiger partial charge in [-0.15, -0.1) is 0 Å². The summed E-state index contributed by atoms with van der Waals surface area (Å²) in [5, 5.41) is 3.48. The summed E-state index contributed by atoms with van der Waals surface area (Å²) in [5.41, 5.74) is 1.05. The summed E-state index contributed by atoms with van der Waals surface area (Å²) in [7, 11) is 2.14. The van der Waals surface area contributed by atoms with Gasteiger partial charge in [-0.3, -0.25) is 4.98 Å². The number of thioether (sulfide) groups is 1. The lowest BCUT2D eigenvalue weighted by Crippen LogP contribution is -2.32. The van der Waals surface area contributed by atoms with E-state index in [0.29, 0.717) is 6.04 Å². The molecular formula is C13H20N4S. The minimum atomic E-state index is 0.621. The molecule has 98 valence electrons. The number of hydrogen-bond acceptors (Lipinski definition) is 5. The van der Waals surface area contributed by atoms with Gasteiger partial charge in [0.05, 0.1) is 11.9 Å². The monoisotopic (exact) mass is 264 g/mol. The molecule has 2 fully saturated rings. The molecule has 1 aromatic heterocycles. The van der Waals surface area contributed by atoms with Crippen LogP contribution in [0.15, 0.2) is 12.4 Å². The normalized spacial score (nSPS) is 23.3. The quantitative estimate of drug-likeness (QED) is 0.876. The second-order valence-corrected chi connectivity index (χ2v) is 6.30. The maximum atomic E-state index is 4.71. The standard InChI is InChI=1S/C13H20N4S/c1-17(12-4-5-18-9-12)13-8-14-6-11(16-13)7-15-10-2-3-10/h6,8,10,12,15H,2-5,7,9H2,1H3. The van der Waals surface area contributed by atoms with Gasteiger partial charge in [0, 0.05) is 37.6 Å². The molecule has 1 N–H and O–H groups in total. The molecule has 2 aliphatic rings. The van der Waals surface area contributed by atoms with E-state index in [0.717, 1.165) is 24.1 Å². The number of rotatable bonds is 5. The van der Waals surface area contributed by atoms with Crippen molar-refractivity contribution in [1.82, 2.24) is 15.3 Å². The van der Waals surface area contributed by atoms with Gasteiger partial charge in [-0.2, -0.15) is 11.8 Å². The highest BCUT2D eigenvalue weighted by atomic mass is 32.2. The zero-order valence-electron chi connectivity index (χ0n) is 10.8. The van der Waals surface area contributed by atoms with Crippen molar-refractivity contribution < 1.29 is 0 Å². The first kappa shape index (κ1) is 12.2. The van der Waals surface area contributed by atoms with Crippen LogP contribution < -0.4 is 10.2 Å². The highest BCUT2D eigenvalue weighted by Gasteiger charge is 2.22. The Balaban J connectivity index is 1.64. The molecule has 0 bridgehead atoms. The molecule has 1 saturated heterocycles. The van der Waals surface area contributed by atoms with Crippen LogP contribution in [-0.2, 0) is 6.54 Å². The number of nitrogens with one attached hydrogen (secondary N) is 1. The van der Waals surface area contributed by atoms with Gasteiger partial charge in [0.2, 0.25) is 0 Å². The van der Waals surface area contributed by atoms with Crippen molar-refractivity contribution in [1.29, 1.82) is 0 Å². The van der Waals surface area contributed by atoms with Crippen molar-refractivity contribution >= 4 is 17.6 Å². The fraction of sp³-hybridized carbons (Fsp3) is 0.692. The Kier molecular flexibility index (Phi) is 3.70. The third-order valence-corrected chi connectivity index (χ3v) is 4.78. The van der Waals surface area contributed by atoms with Crippen LogP contribution in [0.1, 0.15) is 25.0 Å². The molecule has 4 nitrogen and oxygen atoms in total. The van der Waals surface area contributed by atoms with Gasteiger partial charge in [0.25, 0.3) is 0 Å². The largest absolute Gasteiger partial charge is 0.355 e. The summed E-state index contributed by atoms with van der Waals surface area (Å²) in [6, 6.07) is 1.34. The summed E-state index contributed by atoms with van der Waals surface area (Å²) >= 11 is 2.03. The summed E-state index contributed by atoms with van der Waals surface area (Å²) in [5.74, 6) is 3.49. The molecule has 1 aromatic rings. The number of nitrogens with zero attached hydrogens (tertiary/aromatic N) is 3. The Bertz CT molecular complexity index is 402. The zero-order valence-corrected chi connectivity index (χ0v) is 11.6. The molecule has 0 spiro atoms. The molecule has 1 unspecified atom stereocenters. The van der Waals surface area contributed by atoms with Crippen LogP contribution in [0, 0.1) is 0 Å². The van der Waals surface area contributed by atoms with Gasteiger partial charge in [-0.05, 0) is 25.0 Å². The number of anilines is 1. The second kappa shape index (κ2) is 5.45. The van der Waals surface area contributed by atoms with Crippen molar-refractivity contribution in [3.05, 3.63) is 18.1 Å². The fourth-order valence-electron chi connectivity index (χ4n) is 2.20. The van der Waals surface area contributed by atoms with Crippen LogP contribution in [0.25, 0.3) is 0 Å². The first-order valence-electron chi connectivity index (χ1n) is 6.68. The molecule has 0 aromatic carbocycles. The molecule has 3 rings (SSSR count). The van der Waals surface area contributed by atoms with Crippen LogP contribution in [0.3, 0.4) is 0 Å². The van der Waals surface area contributed by atoms with Crippen molar-refractivity contribution in [2.75, 3.05) is 23.5 Å². The van der Waals surface area contributed by atoms with E-state index in [1.54, 1.807) is 0 Å². The van der Waals surface area contributed by atoms with Gasteiger partial charge in [0.15, 0.2) is 0 Å². The second-order valence-electron chi connectivity index (χ2n) is 5.15. The van der Waals surface area contributed by atoms with E-state index < -0.39 is 0 Å². The van der Waals surface area contributed by atoms with E-state index in [2.05, 4.69) is 22.2 Å². The molecular weight excluding hydrogens is 244 g/mol. The van der Waals surface area contributed by atoms with E-state index in [4.69, 9.17) is 4.98 Å². The molecule has 18 heavy (non-hydrogen) atoms. The molecule has 0 amide bonds. The number of aromatic nitrogens is 2. The van der Waals surface area contributed by atoms with Crippen molar-refractivity contribution in [2.24, 2.45) is 0 Å². The van der Waals surface area contributed by atoms with Gasteiger partial charge < -0.3 is 10.2 Å². The lowest BCUT2D eigenvalue weighted by molar-refractivity contribution is 0.659. The lowest BCUT2D eigenvalue weighted by atomic mass is 10.2. The molecule has 1 aliphatic heterocycles. The van der Waals surface area contributed by atoms with E-state index in [1.165, 1.54) is 30.8 Å². The first-order valence-corrected chi connectivity index (χ1v) is 7.83. The smallest absolute Gasteiger partial charge is 0.147 e. The zero-order chi connectivity index (χ0) is 12.4. The Morgan fingerprint density at radius 1 is 1.39 bits per heavy atom. The van der Waals surface area contributed by atoms with Gasteiger partial charge >= 0.3 is 0 Å². The fourth-order valence-corrected chi connectivity index (χ4v) is 3.47. The van der Waals surface area contributed by atoms with E-state index in [9.17, 15) is 0 Å². The number of hydrogen-bond donors (Lipinski definition) is 1. The molecule has 1 saturated carbocycles. The SMILES string of the molecule is CN(c1cncc(CNC2CC2)n1)C1CCSC1. The molecule has 1 atom stereocenters. The Hall–Kier alpha value is -0.810. The first-order chi connectivity index (χ1) is 8.83. The summed E-state index contributed by atoms with van der Waals surface area (Å²) in [4.78, 5) is 11.3. The van der Waals surface area contributed by atoms with Crippen LogP contribution in [-0.4, -0.2) is 40.6 Å². The van der Waals surface area contributed by atoms with Crippen LogP contribution in [0.5, 0.6) is 0 Å². The summed E-state index contributed by atoms with van der Waals surface area (Å²) < 4.78 is 0. The maximum Gasteiger partial charge on any atom is 0.147 e. The van der Waals surface area contributed by atoms with Crippen LogP contribution in [0.4, 0.5) is 5.82 Å². The molecule has 2 heterocycles. The van der Waals surface area contributed by atoms with E-state index in [-0.39, 0.29) is 0 Å². The predicted molar refractivity (Wildman–Crippen MR) is 76.0 cm³/mol. The average Bonchev–Trinajstić information content (AvgIpc) is 3.08. The third-order valence-electron chi connectivity index (χ3n) is 3.64. The summed E-state index contributed by atoms with van der Waals surface area (Å²) in [6.45, 7) is 0.846. The lowest BCUT2D eigenvalue weighted by Gasteiger charge is -2.24. The Labute approximate surface area is 113 Å². The highest BCUT2D eigenvalue weighted by Crippen LogP contribution is 2.24. The third kappa shape index (κ3) is 2.95.